The van der Waals surface area contributed by atoms with Crippen LogP contribution in [0.2, 0.25) is 0 Å². The quantitative estimate of drug-likeness (QED) is 0.259. The molecule has 0 bridgehead atoms. The van der Waals surface area contributed by atoms with Crippen LogP contribution in [-0.4, -0.2) is 37.4 Å². The molecular formula is C23H20N3O3S3-. The van der Waals surface area contributed by atoms with Gasteiger partial charge in [0.25, 0.3) is 5.91 Å². The molecule has 0 N–H and O–H groups in total. The van der Waals surface area contributed by atoms with Crippen LogP contribution in [0.15, 0.2) is 58.9 Å². The summed E-state index contributed by atoms with van der Waals surface area (Å²) in [5, 5.41) is 17.3. The highest BCUT2D eigenvalue weighted by Gasteiger charge is 2.32. The van der Waals surface area contributed by atoms with Crippen LogP contribution < -0.4 is 5.11 Å². The first-order valence-electron chi connectivity index (χ1n) is 10.2. The Hall–Kier alpha value is -2.75. The number of carboxylic acids is 1. The van der Waals surface area contributed by atoms with Gasteiger partial charge in [-0.1, -0.05) is 54.7 Å². The second-order valence-electron chi connectivity index (χ2n) is 7.21. The first-order chi connectivity index (χ1) is 15.5. The number of aliphatic carboxylic acids is 1. The number of hydrogen-bond donors (Lipinski definition) is 0. The summed E-state index contributed by atoms with van der Waals surface area (Å²) in [4.78, 5) is 26.7. The molecule has 1 aliphatic rings. The Kier molecular flexibility index (Phi) is 7.19. The predicted molar refractivity (Wildman–Crippen MR) is 130 cm³/mol. The fourth-order valence-electron chi connectivity index (χ4n) is 3.36. The molecule has 1 amide bonds. The van der Waals surface area contributed by atoms with Crippen molar-refractivity contribution in [3.8, 4) is 16.3 Å². The molecule has 0 aliphatic carbocycles. The van der Waals surface area contributed by atoms with E-state index in [9.17, 15) is 14.7 Å². The third kappa shape index (κ3) is 5.17. The third-order valence-corrected chi connectivity index (χ3v) is 7.20. The summed E-state index contributed by atoms with van der Waals surface area (Å²) in [6.07, 6.45) is 5.76. The maximum atomic E-state index is 13.0. The van der Waals surface area contributed by atoms with Gasteiger partial charge in [-0.2, -0.15) is 5.10 Å². The number of thiocarbonyl (C=S) groups is 1. The second-order valence-corrected chi connectivity index (χ2v) is 9.83. The molecule has 32 heavy (non-hydrogen) atoms. The van der Waals surface area contributed by atoms with Gasteiger partial charge in [0, 0.05) is 24.3 Å². The monoisotopic (exact) mass is 482 g/mol. The molecule has 0 unspecified atom stereocenters. The van der Waals surface area contributed by atoms with Gasteiger partial charge in [-0.3, -0.25) is 9.69 Å². The Morgan fingerprint density at radius 1 is 1.12 bits per heavy atom. The molecule has 3 aromatic rings. The SMILES string of the molecule is O=C([O-])CCCCCN1C(=O)/C(=C/c2cn(-c3ccccc3)nc2-c2cccs2)SC1=S. The first kappa shape index (κ1) is 22.4. The smallest absolute Gasteiger partial charge is 0.266 e. The second kappa shape index (κ2) is 10.2. The number of unbranched alkanes of at least 4 members (excludes halogenated alkanes) is 2. The first-order valence-corrected chi connectivity index (χ1v) is 12.3. The summed E-state index contributed by atoms with van der Waals surface area (Å²) in [6, 6.07) is 13.8. The molecule has 3 heterocycles. The number of aromatic nitrogens is 2. The lowest BCUT2D eigenvalue weighted by Gasteiger charge is -2.14. The Bertz CT molecular complexity index is 1150. The molecule has 2 aromatic heterocycles. The van der Waals surface area contributed by atoms with Crippen molar-refractivity contribution in [2.45, 2.75) is 25.7 Å². The number of thiophene rings is 1. The van der Waals surface area contributed by atoms with E-state index in [1.807, 2.05) is 64.8 Å². The molecule has 0 spiro atoms. The minimum Gasteiger partial charge on any atom is -0.550 e. The number of carboxylic acid groups (broad SMARTS) is 1. The van der Waals surface area contributed by atoms with E-state index in [1.165, 1.54) is 11.8 Å². The van der Waals surface area contributed by atoms with Crippen molar-refractivity contribution in [3.05, 3.63) is 64.5 Å². The molecule has 4 rings (SSSR count). The fraction of sp³-hybridized carbons (Fsp3) is 0.217. The van der Waals surface area contributed by atoms with Crippen LogP contribution in [0.25, 0.3) is 22.3 Å². The number of rotatable bonds is 9. The molecule has 164 valence electrons. The molecule has 0 saturated carbocycles. The largest absolute Gasteiger partial charge is 0.550 e. The van der Waals surface area contributed by atoms with Gasteiger partial charge in [0.05, 0.1) is 15.5 Å². The Labute approximate surface area is 199 Å². The Balaban J connectivity index is 1.55. The molecule has 0 atom stereocenters. The van der Waals surface area contributed by atoms with Gasteiger partial charge in [-0.05, 0) is 48.9 Å². The number of nitrogens with zero attached hydrogens (tertiary/aromatic N) is 3. The zero-order valence-corrected chi connectivity index (χ0v) is 19.5. The van der Waals surface area contributed by atoms with E-state index in [0.717, 1.165) is 21.8 Å². The van der Waals surface area contributed by atoms with Crippen LogP contribution in [0.1, 0.15) is 31.2 Å². The lowest BCUT2D eigenvalue weighted by atomic mass is 10.2. The third-order valence-electron chi connectivity index (χ3n) is 4.94. The summed E-state index contributed by atoms with van der Waals surface area (Å²) in [5.74, 6) is -1.17. The Morgan fingerprint density at radius 3 is 2.66 bits per heavy atom. The minimum absolute atomic E-state index is 0.0369. The molecule has 1 fully saturated rings. The number of carbonyl (C=O) groups is 2. The summed E-state index contributed by atoms with van der Waals surface area (Å²) in [6.45, 7) is 0.482. The van der Waals surface area contributed by atoms with E-state index in [-0.39, 0.29) is 12.3 Å². The highest BCUT2D eigenvalue weighted by Crippen LogP contribution is 2.36. The fourth-order valence-corrected chi connectivity index (χ4v) is 5.39. The minimum atomic E-state index is -1.05. The van der Waals surface area contributed by atoms with Crippen molar-refractivity contribution in [1.29, 1.82) is 0 Å². The maximum Gasteiger partial charge on any atom is 0.266 e. The molecule has 0 radical (unpaired) electrons. The van der Waals surface area contributed by atoms with Crippen LogP contribution in [0, 0.1) is 0 Å². The average Bonchev–Trinajstić information content (AvgIpc) is 3.50. The number of thioether (sulfide) groups is 1. The molecule has 9 heteroatoms. The van der Waals surface area contributed by atoms with E-state index < -0.39 is 5.97 Å². The zero-order valence-electron chi connectivity index (χ0n) is 17.1. The van der Waals surface area contributed by atoms with Crippen LogP contribution in [-0.2, 0) is 9.59 Å². The summed E-state index contributed by atoms with van der Waals surface area (Å²) in [5.41, 5.74) is 2.61. The number of benzene rings is 1. The summed E-state index contributed by atoms with van der Waals surface area (Å²) in [7, 11) is 0. The number of para-hydroxylation sites is 1. The van der Waals surface area contributed by atoms with Crippen LogP contribution in [0.4, 0.5) is 0 Å². The van der Waals surface area contributed by atoms with E-state index in [2.05, 4.69) is 0 Å². The average molecular weight is 483 g/mol. The van der Waals surface area contributed by atoms with Gasteiger partial charge in [-0.15, -0.1) is 11.3 Å². The molecule has 1 aliphatic heterocycles. The van der Waals surface area contributed by atoms with E-state index >= 15 is 0 Å². The lowest BCUT2D eigenvalue weighted by Crippen LogP contribution is -2.29. The van der Waals surface area contributed by atoms with Crippen molar-refractivity contribution in [2.75, 3.05) is 6.54 Å². The summed E-state index contributed by atoms with van der Waals surface area (Å²) >= 11 is 8.31. The number of carbonyl (C=O) groups excluding carboxylic acids is 2. The van der Waals surface area contributed by atoms with Gasteiger partial charge in [-0.25, -0.2) is 4.68 Å². The van der Waals surface area contributed by atoms with Gasteiger partial charge < -0.3 is 9.90 Å². The van der Waals surface area contributed by atoms with Crippen molar-refractivity contribution >= 4 is 57.6 Å². The molecule has 6 nitrogen and oxygen atoms in total. The van der Waals surface area contributed by atoms with Gasteiger partial charge in [0.2, 0.25) is 0 Å². The molecular weight excluding hydrogens is 462 g/mol. The highest BCUT2D eigenvalue weighted by atomic mass is 32.2. The van der Waals surface area contributed by atoms with Gasteiger partial charge in [0.1, 0.15) is 10.0 Å². The van der Waals surface area contributed by atoms with Crippen molar-refractivity contribution in [3.63, 3.8) is 0 Å². The van der Waals surface area contributed by atoms with Crippen LogP contribution in [0.5, 0.6) is 0 Å². The van der Waals surface area contributed by atoms with Crippen molar-refractivity contribution in [1.82, 2.24) is 14.7 Å². The predicted octanol–water partition coefficient (Wildman–Crippen LogP) is 4.11. The zero-order chi connectivity index (χ0) is 22.5. The van der Waals surface area contributed by atoms with E-state index in [0.29, 0.717) is 35.0 Å². The number of amides is 1. The highest BCUT2D eigenvalue weighted by molar-refractivity contribution is 8.26. The standard InChI is InChI=1S/C23H21N3O3S3/c27-20(28)11-5-2-6-12-25-22(29)19(32-23(25)30)14-16-15-26(17-8-3-1-4-9-17)24-21(16)18-10-7-13-31-18/h1,3-4,7-10,13-15H,2,5-6,11-12H2,(H,27,28)/p-1/b19-14-. The molecule has 1 aromatic carbocycles. The van der Waals surface area contributed by atoms with E-state index in [4.69, 9.17) is 17.3 Å². The normalized spacial score (nSPS) is 15.1. The van der Waals surface area contributed by atoms with Gasteiger partial charge in [0.15, 0.2) is 0 Å². The summed E-state index contributed by atoms with van der Waals surface area (Å²) < 4.78 is 2.34. The van der Waals surface area contributed by atoms with Crippen LogP contribution >= 0.6 is 35.3 Å². The number of hydrogen-bond acceptors (Lipinski definition) is 7. The van der Waals surface area contributed by atoms with E-state index in [1.54, 1.807) is 16.2 Å². The lowest BCUT2D eigenvalue weighted by molar-refractivity contribution is -0.305. The maximum absolute atomic E-state index is 13.0. The van der Waals surface area contributed by atoms with Crippen LogP contribution in [0.3, 0.4) is 0 Å². The van der Waals surface area contributed by atoms with Gasteiger partial charge >= 0.3 is 0 Å². The topological polar surface area (TPSA) is 78.3 Å². The van der Waals surface area contributed by atoms with Crippen molar-refractivity contribution < 1.29 is 14.7 Å². The van der Waals surface area contributed by atoms with Crippen molar-refractivity contribution in [2.24, 2.45) is 0 Å². The Morgan fingerprint density at radius 2 is 1.94 bits per heavy atom. The molecule has 1 saturated heterocycles.